The molecule has 0 fully saturated rings. The van der Waals surface area contributed by atoms with Crippen LogP contribution in [0, 0.1) is 0 Å². The maximum Gasteiger partial charge on any atom is 0.279 e. The molecule has 1 amide bonds. The summed E-state index contributed by atoms with van der Waals surface area (Å²) < 4.78 is 0. The molecular weight excluding hydrogens is 198 g/mol. The standard InChI is InChI=1S/C9H13N3OS/c1-3-7-8(11-5-4-10-7)6-12-9(13)14-2/h4-5H,3,6H2,1-2H3,(H,12,13). The van der Waals surface area contributed by atoms with Crippen LogP contribution >= 0.6 is 11.8 Å². The van der Waals surface area contributed by atoms with Crippen molar-refractivity contribution in [2.24, 2.45) is 0 Å². The van der Waals surface area contributed by atoms with Crippen molar-refractivity contribution >= 4 is 17.0 Å². The van der Waals surface area contributed by atoms with E-state index >= 15 is 0 Å². The van der Waals surface area contributed by atoms with Gasteiger partial charge in [0.2, 0.25) is 0 Å². The van der Waals surface area contributed by atoms with Gasteiger partial charge < -0.3 is 5.32 Å². The Morgan fingerprint density at radius 1 is 1.43 bits per heavy atom. The van der Waals surface area contributed by atoms with Gasteiger partial charge in [-0.25, -0.2) is 0 Å². The van der Waals surface area contributed by atoms with Crippen LogP contribution in [-0.2, 0) is 13.0 Å². The van der Waals surface area contributed by atoms with E-state index in [4.69, 9.17) is 0 Å². The average Bonchev–Trinajstić information content (AvgIpc) is 2.26. The molecule has 1 N–H and O–H groups in total. The first kappa shape index (κ1) is 11.0. The molecule has 0 atom stereocenters. The summed E-state index contributed by atoms with van der Waals surface area (Å²) in [6.45, 7) is 2.47. The fourth-order valence-corrected chi connectivity index (χ4v) is 1.28. The number of aromatic nitrogens is 2. The topological polar surface area (TPSA) is 54.9 Å². The molecule has 76 valence electrons. The van der Waals surface area contributed by atoms with Gasteiger partial charge in [-0.15, -0.1) is 0 Å². The number of hydrogen-bond acceptors (Lipinski definition) is 4. The zero-order valence-electron chi connectivity index (χ0n) is 8.28. The van der Waals surface area contributed by atoms with Gasteiger partial charge in [0.15, 0.2) is 0 Å². The van der Waals surface area contributed by atoms with Crippen LogP contribution in [0.15, 0.2) is 12.4 Å². The number of amides is 1. The second kappa shape index (κ2) is 5.59. The largest absolute Gasteiger partial charge is 0.341 e. The molecule has 0 spiro atoms. The number of carbonyl (C=O) groups excluding carboxylic acids is 1. The molecule has 14 heavy (non-hydrogen) atoms. The Morgan fingerprint density at radius 3 is 2.64 bits per heavy atom. The van der Waals surface area contributed by atoms with Gasteiger partial charge in [0.25, 0.3) is 5.24 Å². The lowest BCUT2D eigenvalue weighted by Crippen LogP contribution is -2.19. The molecule has 0 aliphatic carbocycles. The van der Waals surface area contributed by atoms with Gasteiger partial charge in [-0.1, -0.05) is 18.7 Å². The number of carbonyl (C=O) groups is 1. The minimum Gasteiger partial charge on any atom is -0.341 e. The van der Waals surface area contributed by atoms with Gasteiger partial charge in [-0.2, -0.15) is 0 Å². The molecule has 0 saturated heterocycles. The zero-order chi connectivity index (χ0) is 10.4. The predicted octanol–water partition coefficient (Wildman–Crippen LogP) is 1.61. The smallest absolute Gasteiger partial charge is 0.279 e. The third kappa shape index (κ3) is 2.99. The molecule has 0 radical (unpaired) electrons. The molecule has 0 aromatic carbocycles. The number of thioether (sulfide) groups is 1. The van der Waals surface area contributed by atoms with Crippen LogP contribution in [0.3, 0.4) is 0 Å². The summed E-state index contributed by atoms with van der Waals surface area (Å²) in [6, 6.07) is 0. The van der Waals surface area contributed by atoms with Crippen molar-refractivity contribution in [3.8, 4) is 0 Å². The Bertz CT molecular complexity index is 317. The van der Waals surface area contributed by atoms with Crippen molar-refractivity contribution in [2.75, 3.05) is 6.26 Å². The van der Waals surface area contributed by atoms with Gasteiger partial charge in [0, 0.05) is 12.4 Å². The molecular formula is C9H13N3OS. The molecule has 0 unspecified atom stereocenters. The highest BCUT2D eigenvalue weighted by Crippen LogP contribution is 2.03. The molecule has 1 heterocycles. The van der Waals surface area contributed by atoms with Gasteiger partial charge in [0.05, 0.1) is 17.9 Å². The van der Waals surface area contributed by atoms with Gasteiger partial charge in [-0.05, 0) is 12.7 Å². The molecule has 0 saturated carbocycles. The second-order valence-electron chi connectivity index (χ2n) is 2.65. The van der Waals surface area contributed by atoms with Crippen molar-refractivity contribution in [1.29, 1.82) is 0 Å². The Balaban J connectivity index is 2.61. The molecule has 1 aromatic rings. The number of nitrogens with zero attached hydrogens (tertiary/aromatic N) is 2. The molecule has 0 aliphatic rings. The molecule has 5 heteroatoms. The van der Waals surface area contributed by atoms with E-state index in [-0.39, 0.29) is 5.24 Å². The van der Waals surface area contributed by atoms with E-state index in [1.54, 1.807) is 18.6 Å². The van der Waals surface area contributed by atoms with E-state index in [1.807, 2.05) is 6.92 Å². The summed E-state index contributed by atoms with van der Waals surface area (Å²) in [5.74, 6) is 0. The highest BCUT2D eigenvalue weighted by Gasteiger charge is 2.04. The fraction of sp³-hybridized carbons (Fsp3) is 0.444. The van der Waals surface area contributed by atoms with E-state index in [2.05, 4.69) is 15.3 Å². The van der Waals surface area contributed by atoms with Gasteiger partial charge in [0.1, 0.15) is 0 Å². The summed E-state index contributed by atoms with van der Waals surface area (Å²) in [7, 11) is 0. The summed E-state index contributed by atoms with van der Waals surface area (Å²) in [6.07, 6.45) is 5.88. The molecule has 0 aliphatic heterocycles. The number of aryl methyl sites for hydroxylation is 1. The summed E-state index contributed by atoms with van der Waals surface area (Å²) >= 11 is 1.16. The average molecular weight is 211 g/mol. The zero-order valence-corrected chi connectivity index (χ0v) is 9.10. The van der Waals surface area contributed by atoms with E-state index in [9.17, 15) is 4.79 Å². The summed E-state index contributed by atoms with van der Waals surface area (Å²) in [4.78, 5) is 19.3. The first-order valence-electron chi connectivity index (χ1n) is 4.38. The minimum absolute atomic E-state index is 0.0438. The van der Waals surface area contributed by atoms with Crippen LogP contribution in [0.2, 0.25) is 0 Å². The van der Waals surface area contributed by atoms with Crippen LogP contribution in [0.1, 0.15) is 18.3 Å². The van der Waals surface area contributed by atoms with E-state index in [0.717, 1.165) is 29.6 Å². The van der Waals surface area contributed by atoms with Gasteiger partial charge >= 0.3 is 0 Å². The van der Waals surface area contributed by atoms with Crippen molar-refractivity contribution in [3.63, 3.8) is 0 Å². The first-order chi connectivity index (χ1) is 6.77. The number of rotatable bonds is 3. The van der Waals surface area contributed by atoms with Crippen molar-refractivity contribution in [2.45, 2.75) is 19.9 Å². The highest BCUT2D eigenvalue weighted by molar-refractivity contribution is 8.12. The lowest BCUT2D eigenvalue weighted by molar-refractivity contribution is 0.260. The lowest BCUT2D eigenvalue weighted by atomic mass is 10.2. The van der Waals surface area contributed by atoms with Crippen molar-refractivity contribution in [1.82, 2.24) is 15.3 Å². The van der Waals surface area contributed by atoms with Crippen molar-refractivity contribution < 1.29 is 4.79 Å². The Kier molecular flexibility index (Phi) is 4.39. The first-order valence-corrected chi connectivity index (χ1v) is 5.61. The fourth-order valence-electron chi connectivity index (χ4n) is 1.07. The highest BCUT2D eigenvalue weighted by atomic mass is 32.2. The summed E-state index contributed by atoms with van der Waals surface area (Å²) in [5.41, 5.74) is 1.78. The normalized spacial score (nSPS) is 9.86. The van der Waals surface area contributed by atoms with Gasteiger partial charge in [-0.3, -0.25) is 14.8 Å². The van der Waals surface area contributed by atoms with E-state index < -0.39 is 0 Å². The maximum atomic E-state index is 11.0. The monoisotopic (exact) mass is 211 g/mol. The molecule has 0 bridgehead atoms. The lowest BCUT2D eigenvalue weighted by Gasteiger charge is -2.05. The summed E-state index contributed by atoms with van der Waals surface area (Å²) in [5, 5.41) is 2.70. The van der Waals surface area contributed by atoms with Crippen LogP contribution in [-0.4, -0.2) is 21.5 Å². The van der Waals surface area contributed by atoms with Crippen LogP contribution in [0.4, 0.5) is 4.79 Å². The third-order valence-electron chi connectivity index (χ3n) is 1.78. The van der Waals surface area contributed by atoms with Crippen molar-refractivity contribution in [3.05, 3.63) is 23.8 Å². The van der Waals surface area contributed by atoms with E-state index in [1.165, 1.54) is 0 Å². The SMILES string of the molecule is CCc1nccnc1CNC(=O)SC. The number of nitrogens with one attached hydrogen (secondary N) is 1. The van der Waals surface area contributed by atoms with Crippen LogP contribution in [0.5, 0.6) is 0 Å². The number of hydrogen-bond donors (Lipinski definition) is 1. The maximum absolute atomic E-state index is 11.0. The minimum atomic E-state index is -0.0438. The molecule has 1 rings (SSSR count). The Morgan fingerprint density at radius 2 is 2.07 bits per heavy atom. The quantitative estimate of drug-likeness (QED) is 0.825. The van der Waals surface area contributed by atoms with Crippen LogP contribution < -0.4 is 5.32 Å². The second-order valence-corrected chi connectivity index (χ2v) is 3.43. The predicted molar refractivity (Wildman–Crippen MR) is 57.2 cm³/mol. The Hall–Kier alpha value is -1.10. The van der Waals surface area contributed by atoms with E-state index in [0.29, 0.717) is 6.54 Å². The third-order valence-corrected chi connectivity index (χ3v) is 2.30. The molecule has 4 nitrogen and oxygen atoms in total. The van der Waals surface area contributed by atoms with Crippen LogP contribution in [0.25, 0.3) is 0 Å². The molecule has 1 aromatic heterocycles. The Labute approximate surface area is 87.5 Å².